The van der Waals surface area contributed by atoms with Gasteiger partial charge >= 0.3 is 0 Å². The molecule has 136 valence electrons. The van der Waals surface area contributed by atoms with Crippen molar-refractivity contribution in [3.05, 3.63) is 35.4 Å². The number of nitrogens with one attached hydrogen (secondary N) is 1. The summed E-state index contributed by atoms with van der Waals surface area (Å²) in [6.45, 7) is 1.37. The molecule has 2 fully saturated rings. The van der Waals surface area contributed by atoms with Gasteiger partial charge in [0.05, 0.1) is 6.07 Å². The number of nitriles is 1. The molecule has 1 heterocycles. The summed E-state index contributed by atoms with van der Waals surface area (Å²) < 4.78 is 0. The topological polar surface area (TPSA) is 73.2 Å². The van der Waals surface area contributed by atoms with Gasteiger partial charge in [0, 0.05) is 24.9 Å². The maximum Gasteiger partial charge on any atom is 0.226 e. The van der Waals surface area contributed by atoms with Crippen LogP contribution in [0.5, 0.6) is 0 Å². The van der Waals surface area contributed by atoms with Crippen LogP contribution in [0.25, 0.3) is 0 Å². The Balaban J connectivity index is 1.47. The predicted molar refractivity (Wildman–Crippen MR) is 96.7 cm³/mol. The number of hydrogen-bond acceptors (Lipinski definition) is 3. The highest BCUT2D eigenvalue weighted by Gasteiger charge is 2.47. The SMILES string of the molecule is N#CC1(NC(=O)C2CCCCC2C(=O)N2CCc3ccccc3C2)CC1. The molecule has 1 aliphatic heterocycles. The molecule has 2 unspecified atom stereocenters. The minimum Gasteiger partial charge on any atom is -0.338 e. The van der Waals surface area contributed by atoms with Crippen LogP contribution in [0.15, 0.2) is 24.3 Å². The van der Waals surface area contributed by atoms with E-state index in [4.69, 9.17) is 0 Å². The summed E-state index contributed by atoms with van der Waals surface area (Å²) in [6, 6.07) is 10.5. The van der Waals surface area contributed by atoms with Crippen molar-refractivity contribution in [2.45, 2.75) is 57.0 Å². The van der Waals surface area contributed by atoms with Crippen molar-refractivity contribution in [3.8, 4) is 6.07 Å². The van der Waals surface area contributed by atoms with Gasteiger partial charge in [-0.3, -0.25) is 9.59 Å². The van der Waals surface area contributed by atoms with Crippen molar-refractivity contribution in [2.24, 2.45) is 11.8 Å². The van der Waals surface area contributed by atoms with Crippen molar-refractivity contribution in [2.75, 3.05) is 6.54 Å². The maximum absolute atomic E-state index is 13.2. The van der Waals surface area contributed by atoms with Crippen LogP contribution in [0.3, 0.4) is 0 Å². The molecular formula is C21H25N3O2. The number of hydrogen-bond donors (Lipinski definition) is 1. The van der Waals surface area contributed by atoms with Gasteiger partial charge in [-0.2, -0.15) is 5.26 Å². The third-order valence-corrected chi connectivity index (χ3v) is 6.19. The smallest absolute Gasteiger partial charge is 0.226 e. The van der Waals surface area contributed by atoms with Crippen molar-refractivity contribution < 1.29 is 9.59 Å². The van der Waals surface area contributed by atoms with Gasteiger partial charge < -0.3 is 10.2 Å². The van der Waals surface area contributed by atoms with Crippen LogP contribution < -0.4 is 5.32 Å². The standard InChI is InChI=1S/C21H25N3O2/c22-14-21(10-11-21)23-19(25)17-7-3-4-8-18(17)20(26)24-12-9-15-5-1-2-6-16(15)13-24/h1-2,5-6,17-18H,3-4,7-13H2,(H,23,25). The third kappa shape index (κ3) is 3.21. The molecule has 1 aromatic rings. The molecule has 0 radical (unpaired) electrons. The van der Waals surface area contributed by atoms with Crippen LogP contribution in [-0.2, 0) is 22.6 Å². The summed E-state index contributed by atoms with van der Waals surface area (Å²) in [6.07, 6.45) is 5.82. The lowest BCUT2D eigenvalue weighted by molar-refractivity contribution is -0.144. The highest BCUT2D eigenvalue weighted by atomic mass is 16.2. The van der Waals surface area contributed by atoms with Gasteiger partial charge in [-0.25, -0.2) is 0 Å². The van der Waals surface area contributed by atoms with Crippen molar-refractivity contribution in [3.63, 3.8) is 0 Å². The molecule has 3 aliphatic rings. The van der Waals surface area contributed by atoms with E-state index in [2.05, 4.69) is 23.5 Å². The monoisotopic (exact) mass is 351 g/mol. The van der Waals surface area contributed by atoms with Gasteiger partial charge in [0.25, 0.3) is 0 Å². The maximum atomic E-state index is 13.2. The summed E-state index contributed by atoms with van der Waals surface area (Å²) in [5, 5.41) is 12.2. The first kappa shape index (κ1) is 17.1. The number of fused-ring (bicyclic) bond motifs is 1. The van der Waals surface area contributed by atoms with Crippen LogP contribution >= 0.6 is 0 Å². The second-order valence-corrected chi connectivity index (χ2v) is 7.96. The molecule has 1 N–H and O–H groups in total. The zero-order valence-corrected chi connectivity index (χ0v) is 15.0. The molecule has 0 spiro atoms. The van der Waals surface area contributed by atoms with Gasteiger partial charge in [0.2, 0.25) is 11.8 Å². The minimum absolute atomic E-state index is 0.0977. The van der Waals surface area contributed by atoms with Crippen molar-refractivity contribution in [1.29, 1.82) is 5.26 Å². The predicted octanol–water partition coefficient (Wildman–Crippen LogP) is 2.55. The molecule has 26 heavy (non-hydrogen) atoms. The summed E-state index contributed by atoms with van der Waals surface area (Å²) >= 11 is 0. The Morgan fingerprint density at radius 2 is 1.81 bits per heavy atom. The van der Waals surface area contributed by atoms with E-state index in [1.54, 1.807) is 0 Å². The minimum atomic E-state index is -0.661. The molecule has 1 aromatic carbocycles. The van der Waals surface area contributed by atoms with E-state index in [0.29, 0.717) is 6.54 Å². The van der Waals surface area contributed by atoms with E-state index in [9.17, 15) is 14.9 Å². The van der Waals surface area contributed by atoms with Gasteiger partial charge in [-0.05, 0) is 43.2 Å². The molecule has 0 bridgehead atoms. The van der Waals surface area contributed by atoms with E-state index in [-0.39, 0.29) is 23.7 Å². The fourth-order valence-corrected chi connectivity index (χ4v) is 4.38. The zero-order chi connectivity index (χ0) is 18.1. The third-order valence-electron chi connectivity index (χ3n) is 6.19. The Kier molecular flexibility index (Phi) is 4.44. The van der Waals surface area contributed by atoms with Crippen LogP contribution in [0.4, 0.5) is 0 Å². The Labute approximate surface area is 154 Å². The number of benzene rings is 1. The fraction of sp³-hybridized carbons (Fsp3) is 0.571. The average Bonchev–Trinajstić information content (AvgIpc) is 3.47. The van der Waals surface area contributed by atoms with Crippen LogP contribution in [0.1, 0.15) is 49.7 Å². The largest absolute Gasteiger partial charge is 0.338 e. The highest BCUT2D eigenvalue weighted by Crippen LogP contribution is 2.37. The molecule has 5 nitrogen and oxygen atoms in total. The number of rotatable bonds is 3. The molecule has 4 rings (SSSR count). The first-order chi connectivity index (χ1) is 12.6. The lowest BCUT2D eigenvalue weighted by Crippen LogP contribution is -2.48. The first-order valence-electron chi connectivity index (χ1n) is 9.71. The molecule has 0 saturated heterocycles. The number of carbonyl (C=O) groups excluding carboxylic acids is 2. The number of nitrogens with zero attached hydrogens (tertiary/aromatic N) is 2. The quantitative estimate of drug-likeness (QED) is 0.909. The highest BCUT2D eigenvalue weighted by molar-refractivity contribution is 5.88. The summed E-state index contributed by atoms with van der Waals surface area (Å²) in [4.78, 5) is 27.9. The van der Waals surface area contributed by atoms with E-state index in [1.807, 2.05) is 17.0 Å². The van der Waals surface area contributed by atoms with Gasteiger partial charge in [-0.15, -0.1) is 0 Å². The van der Waals surface area contributed by atoms with Gasteiger partial charge in [0.1, 0.15) is 5.54 Å². The lowest BCUT2D eigenvalue weighted by atomic mass is 9.77. The molecule has 0 aromatic heterocycles. The van der Waals surface area contributed by atoms with Crippen molar-refractivity contribution in [1.82, 2.24) is 10.2 Å². The zero-order valence-electron chi connectivity index (χ0n) is 15.0. The molecule has 2 saturated carbocycles. The molecule has 2 aliphatic carbocycles. The normalized spacial score (nSPS) is 26.3. The number of carbonyl (C=O) groups is 2. The number of amides is 2. The van der Waals surface area contributed by atoms with E-state index >= 15 is 0 Å². The van der Waals surface area contributed by atoms with E-state index in [0.717, 1.165) is 51.5 Å². The average molecular weight is 351 g/mol. The molecular weight excluding hydrogens is 326 g/mol. The van der Waals surface area contributed by atoms with Crippen LogP contribution in [0, 0.1) is 23.2 Å². The molecule has 5 heteroatoms. The van der Waals surface area contributed by atoms with Crippen molar-refractivity contribution >= 4 is 11.8 Å². The summed E-state index contributed by atoms with van der Waals surface area (Å²) in [5.74, 6) is -0.525. The summed E-state index contributed by atoms with van der Waals surface area (Å²) in [7, 11) is 0. The first-order valence-corrected chi connectivity index (χ1v) is 9.71. The second-order valence-electron chi connectivity index (χ2n) is 7.96. The Hall–Kier alpha value is -2.35. The van der Waals surface area contributed by atoms with Crippen LogP contribution in [0.2, 0.25) is 0 Å². The Morgan fingerprint density at radius 1 is 1.12 bits per heavy atom. The van der Waals surface area contributed by atoms with Gasteiger partial charge in [-0.1, -0.05) is 37.1 Å². The van der Waals surface area contributed by atoms with E-state index in [1.165, 1.54) is 11.1 Å². The second kappa shape index (κ2) is 6.75. The fourth-order valence-electron chi connectivity index (χ4n) is 4.38. The molecule has 2 atom stereocenters. The van der Waals surface area contributed by atoms with Gasteiger partial charge in [0.15, 0.2) is 0 Å². The lowest BCUT2D eigenvalue weighted by Gasteiger charge is -2.36. The molecule has 2 amide bonds. The van der Waals surface area contributed by atoms with Crippen LogP contribution in [-0.4, -0.2) is 28.8 Å². The summed E-state index contributed by atoms with van der Waals surface area (Å²) in [5.41, 5.74) is 1.87. The Morgan fingerprint density at radius 3 is 2.50 bits per heavy atom. The Bertz CT molecular complexity index is 763. The van der Waals surface area contributed by atoms with E-state index < -0.39 is 5.54 Å².